The number of benzene rings is 2. The molecule has 0 amide bonds. The summed E-state index contributed by atoms with van der Waals surface area (Å²) in [5, 5.41) is 0. The Bertz CT molecular complexity index is 821. The molecule has 0 aliphatic carbocycles. The minimum Gasteiger partial charge on any atom is -0.493 e. The molecule has 4 nitrogen and oxygen atoms in total. The highest BCUT2D eigenvalue weighted by Gasteiger charge is 2.19. The fourth-order valence-electron chi connectivity index (χ4n) is 3.82. The standard InChI is InChI=1S/C25H36N2O2S/c1-6-25(2,3)21-8-10-22(11-9-21)30-26-13-7-14-27-15-12-19-16-23(28-4)24(29-5)17-20(19)18-27/h8-11,16-17,26H,6-7,12-15,18H2,1-5H3. The average molecular weight is 429 g/mol. The molecular weight excluding hydrogens is 392 g/mol. The second kappa shape index (κ2) is 10.6. The van der Waals surface area contributed by atoms with Crippen molar-refractivity contribution < 1.29 is 9.47 Å². The fraction of sp³-hybridized carbons (Fsp3) is 0.520. The first-order valence-electron chi connectivity index (χ1n) is 10.9. The van der Waals surface area contributed by atoms with Crippen molar-refractivity contribution in [1.82, 2.24) is 9.62 Å². The minimum absolute atomic E-state index is 0.249. The van der Waals surface area contributed by atoms with E-state index in [0.717, 1.165) is 56.9 Å². The molecule has 5 heteroatoms. The highest BCUT2D eigenvalue weighted by Crippen LogP contribution is 2.33. The molecule has 0 unspecified atom stereocenters. The van der Waals surface area contributed by atoms with E-state index in [1.807, 2.05) is 0 Å². The topological polar surface area (TPSA) is 33.7 Å². The van der Waals surface area contributed by atoms with E-state index in [-0.39, 0.29) is 5.41 Å². The molecular formula is C25H36N2O2S. The van der Waals surface area contributed by atoms with Gasteiger partial charge in [-0.2, -0.15) is 0 Å². The molecule has 2 aromatic rings. The van der Waals surface area contributed by atoms with Crippen LogP contribution in [0.25, 0.3) is 0 Å². The fourth-order valence-corrected chi connectivity index (χ4v) is 4.51. The van der Waals surface area contributed by atoms with Crippen LogP contribution < -0.4 is 14.2 Å². The van der Waals surface area contributed by atoms with Crippen LogP contribution in [-0.2, 0) is 18.4 Å². The SMILES string of the molecule is CCC(C)(C)c1ccc(SNCCCN2CCc3cc(OC)c(OC)cc3C2)cc1. The Balaban J connectivity index is 1.41. The second-order valence-corrected chi connectivity index (χ2v) is 9.58. The molecule has 0 spiro atoms. The molecule has 0 atom stereocenters. The van der Waals surface area contributed by atoms with Crippen LogP contribution in [0.1, 0.15) is 50.3 Å². The third-order valence-electron chi connectivity index (χ3n) is 6.26. The van der Waals surface area contributed by atoms with E-state index >= 15 is 0 Å². The summed E-state index contributed by atoms with van der Waals surface area (Å²) in [5.74, 6) is 1.65. The maximum atomic E-state index is 5.47. The van der Waals surface area contributed by atoms with Gasteiger partial charge in [0.15, 0.2) is 11.5 Å². The van der Waals surface area contributed by atoms with E-state index in [1.165, 1.54) is 21.6 Å². The van der Waals surface area contributed by atoms with E-state index in [2.05, 4.69) is 66.8 Å². The molecule has 0 bridgehead atoms. The number of rotatable bonds is 10. The van der Waals surface area contributed by atoms with Crippen molar-refractivity contribution >= 4 is 11.9 Å². The summed E-state index contributed by atoms with van der Waals surface area (Å²) < 4.78 is 14.4. The Kier molecular flexibility index (Phi) is 8.09. The largest absolute Gasteiger partial charge is 0.493 e. The number of methoxy groups -OCH3 is 2. The molecule has 164 valence electrons. The highest BCUT2D eigenvalue weighted by atomic mass is 32.2. The highest BCUT2D eigenvalue weighted by molar-refractivity contribution is 7.97. The van der Waals surface area contributed by atoms with Gasteiger partial charge in [-0.3, -0.25) is 9.62 Å². The van der Waals surface area contributed by atoms with Gasteiger partial charge in [0.1, 0.15) is 0 Å². The van der Waals surface area contributed by atoms with Crippen molar-refractivity contribution in [1.29, 1.82) is 0 Å². The summed E-state index contributed by atoms with van der Waals surface area (Å²) >= 11 is 1.73. The van der Waals surface area contributed by atoms with Gasteiger partial charge in [0.05, 0.1) is 14.2 Å². The van der Waals surface area contributed by atoms with Crippen molar-refractivity contribution in [2.24, 2.45) is 0 Å². The Morgan fingerprint density at radius 2 is 1.70 bits per heavy atom. The first kappa shape index (κ1) is 23.0. The van der Waals surface area contributed by atoms with E-state index < -0.39 is 0 Å². The van der Waals surface area contributed by atoms with Crippen LogP contribution in [-0.4, -0.2) is 38.8 Å². The molecule has 2 aromatic carbocycles. The quantitative estimate of drug-likeness (QED) is 0.403. The maximum Gasteiger partial charge on any atom is 0.161 e. The van der Waals surface area contributed by atoms with Gasteiger partial charge < -0.3 is 9.47 Å². The normalized spacial score (nSPS) is 14.4. The number of hydrogen-bond acceptors (Lipinski definition) is 5. The van der Waals surface area contributed by atoms with Crippen LogP contribution in [0.3, 0.4) is 0 Å². The molecule has 3 rings (SSSR count). The van der Waals surface area contributed by atoms with Crippen LogP contribution >= 0.6 is 11.9 Å². The number of fused-ring (bicyclic) bond motifs is 1. The Morgan fingerprint density at radius 1 is 1.03 bits per heavy atom. The van der Waals surface area contributed by atoms with Gasteiger partial charge in [0.25, 0.3) is 0 Å². The molecule has 30 heavy (non-hydrogen) atoms. The van der Waals surface area contributed by atoms with Crippen molar-refractivity contribution in [3.8, 4) is 11.5 Å². The van der Waals surface area contributed by atoms with Crippen LogP contribution in [0.2, 0.25) is 0 Å². The number of ether oxygens (including phenoxy) is 2. The number of hydrogen-bond donors (Lipinski definition) is 1. The summed E-state index contributed by atoms with van der Waals surface area (Å²) in [4.78, 5) is 3.81. The summed E-state index contributed by atoms with van der Waals surface area (Å²) in [5.41, 5.74) is 4.40. The lowest BCUT2D eigenvalue weighted by Crippen LogP contribution is -2.32. The van der Waals surface area contributed by atoms with Crippen LogP contribution in [0.5, 0.6) is 11.5 Å². The van der Waals surface area contributed by atoms with Gasteiger partial charge in [-0.1, -0.05) is 32.9 Å². The lowest BCUT2D eigenvalue weighted by atomic mass is 9.82. The third kappa shape index (κ3) is 5.71. The predicted molar refractivity (Wildman–Crippen MR) is 127 cm³/mol. The number of nitrogens with one attached hydrogen (secondary N) is 1. The smallest absolute Gasteiger partial charge is 0.161 e. The molecule has 1 N–H and O–H groups in total. The van der Waals surface area contributed by atoms with Crippen molar-refractivity contribution in [3.63, 3.8) is 0 Å². The lowest BCUT2D eigenvalue weighted by molar-refractivity contribution is 0.250. The van der Waals surface area contributed by atoms with E-state index in [9.17, 15) is 0 Å². The van der Waals surface area contributed by atoms with Gasteiger partial charge >= 0.3 is 0 Å². The Morgan fingerprint density at radius 3 is 2.33 bits per heavy atom. The Labute approximate surface area is 186 Å². The molecule has 0 saturated carbocycles. The molecule has 0 saturated heterocycles. The first-order chi connectivity index (χ1) is 14.5. The molecule has 0 aromatic heterocycles. The van der Waals surface area contributed by atoms with Gasteiger partial charge in [0, 0.05) is 24.5 Å². The summed E-state index contributed by atoms with van der Waals surface area (Å²) in [6.45, 7) is 11.0. The van der Waals surface area contributed by atoms with Crippen LogP contribution in [0, 0.1) is 0 Å². The van der Waals surface area contributed by atoms with Gasteiger partial charge in [-0.25, -0.2) is 0 Å². The summed E-state index contributed by atoms with van der Waals surface area (Å²) in [6, 6.07) is 13.3. The number of nitrogens with zero attached hydrogens (tertiary/aromatic N) is 1. The van der Waals surface area contributed by atoms with E-state index in [1.54, 1.807) is 26.2 Å². The van der Waals surface area contributed by atoms with Crippen LogP contribution in [0.4, 0.5) is 0 Å². The zero-order valence-electron chi connectivity index (χ0n) is 19.1. The van der Waals surface area contributed by atoms with Crippen LogP contribution in [0.15, 0.2) is 41.3 Å². The van der Waals surface area contributed by atoms with E-state index in [0.29, 0.717) is 0 Å². The monoisotopic (exact) mass is 428 g/mol. The minimum atomic E-state index is 0.249. The Hall–Kier alpha value is -1.69. The molecule has 0 fully saturated rings. The van der Waals surface area contributed by atoms with Crippen molar-refractivity contribution in [2.75, 3.05) is 33.9 Å². The van der Waals surface area contributed by atoms with Gasteiger partial charge in [0.2, 0.25) is 0 Å². The van der Waals surface area contributed by atoms with Gasteiger partial charge in [-0.05, 0) is 84.1 Å². The molecule has 0 radical (unpaired) electrons. The zero-order valence-corrected chi connectivity index (χ0v) is 19.9. The third-order valence-corrected chi connectivity index (χ3v) is 7.12. The maximum absolute atomic E-state index is 5.47. The second-order valence-electron chi connectivity index (χ2n) is 8.61. The molecule has 1 heterocycles. The zero-order chi connectivity index (χ0) is 21.6. The average Bonchev–Trinajstić information content (AvgIpc) is 2.78. The van der Waals surface area contributed by atoms with Crippen molar-refractivity contribution in [2.45, 2.75) is 56.9 Å². The summed E-state index contributed by atoms with van der Waals surface area (Å²) in [7, 11) is 3.40. The predicted octanol–water partition coefficient (Wildman–Crippen LogP) is 5.44. The lowest BCUT2D eigenvalue weighted by Gasteiger charge is -2.29. The molecule has 1 aliphatic rings. The van der Waals surface area contributed by atoms with Crippen molar-refractivity contribution in [3.05, 3.63) is 53.1 Å². The summed E-state index contributed by atoms with van der Waals surface area (Å²) in [6.07, 6.45) is 3.36. The van der Waals surface area contributed by atoms with E-state index in [4.69, 9.17) is 9.47 Å². The van der Waals surface area contributed by atoms with Gasteiger partial charge in [-0.15, -0.1) is 0 Å². The molecule has 1 aliphatic heterocycles. The first-order valence-corrected chi connectivity index (χ1v) is 11.7.